The van der Waals surface area contributed by atoms with Crippen LogP contribution >= 0.6 is 11.6 Å². The number of fused-ring (bicyclic) bond motifs is 5. The predicted octanol–water partition coefficient (Wildman–Crippen LogP) is 6.39. The van der Waals surface area contributed by atoms with E-state index in [1.54, 1.807) is 0 Å². The van der Waals surface area contributed by atoms with Gasteiger partial charge in [0.15, 0.2) is 0 Å². The number of ketones is 1. The number of carbonyl (C=O) groups excluding carboxylic acids is 2. The van der Waals surface area contributed by atoms with Crippen molar-refractivity contribution in [3.05, 3.63) is 34.3 Å². The average Bonchev–Trinajstić information content (AvgIpc) is 3.42. The second-order valence-electron chi connectivity index (χ2n) is 12.8. The molecule has 1 amide bonds. The number of Topliss-reactive ketones (excluding diaryl/α,β-unsaturated/α-hetero) is 1. The fourth-order valence-electron chi connectivity index (χ4n) is 9.13. The van der Waals surface area contributed by atoms with E-state index < -0.39 is 0 Å². The van der Waals surface area contributed by atoms with Crippen molar-refractivity contribution in [1.82, 2.24) is 4.90 Å². The molecule has 3 unspecified atom stereocenters. The first-order valence-electron chi connectivity index (χ1n) is 14.1. The van der Waals surface area contributed by atoms with Crippen molar-refractivity contribution in [3.63, 3.8) is 0 Å². The molecule has 4 fully saturated rings. The van der Waals surface area contributed by atoms with Crippen molar-refractivity contribution in [1.29, 1.82) is 0 Å². The summed E-state index contributed by atoms with van der Waals surface area (Å²) in [6.07, 6.45) is 10.9. The number of benzene rings is 1. The number of nitrogens with zero attached hydrogens (tertiary/aromatic N) is 2. The maximum absolute atomic E-state index is 13.3. The highest BCUT2D eigenvalue weighted by Crippen LogP contribution is 2.62. The van der Waals surface area contributed by atoms with E-state index >= 15 is 0 Å². The van der Waals surface area contributed by atoms with Gasteiger partial charge in [-0.2, -0.15) is 0 Å². The highest BCUT2D eigenvalue weighted by atomic mass is 35.5. The zero-order chi connectivity index (χ0) is 25.1. The molecule has 3 saturated carbocycles. The molecule has 36 heavy (non-hydrogen) atoms. The van der Waals surface area contributed by atoms with E-state index in [0.29, 0.717) is 48.7 Å². The number of carbonyl (C=O) groups is 2. The average molecular weight is 511 g/mol. The van der Waals surface area contributed by atoms with Gasteiger partial charge in [-0.15, -0.1) is 0 Å². The van der Waals surface area contributed by atoms with Gasteiger partial charge in [0.25, 0.3) is 0 Å². The van der Waals surface area contributed by atoms with Crippen LogP contribution in [0.3, 0.4) is 0 Å². The number of hydrogen-bond donors (Lipinski definition) is 1. The molecule has 6 rings (SSSR count). The zero-order valence-electron chi connectivity index (χ0n) is 21.5. The first kappa shape index (κ1) is 24.5. The van der Waals surface area contributed by atoms with E-state index in [1.165, 1.54) is 11.1 Å². The predicted molar refractivity (Wildman–Crippen MR) is 141 cm³/mol. The van der Waals surface area contributed by atoms with E-state index in [0.717, 1.165) is 81.6 Å². The van der Waals surface area contributed by atoms with Gasteiger partial charge in [-0.25, -0.2) is 0 Å². The highest BCUT2D eigenvalue weighted by Gasteiger charge is 2.57. The van der Waals surface area contributed by atoms with Crippen LogP contribution in [0.15, 0.2) is 23.4 Å². The quantitative estimate of drug-likeness (QED) is 0.378. The van der Waals surface area contributed by atoms with Crippen LogP contribution in [0.5, 0.6) is 0 Å². The third-order valence-corrected chi connectivity index (χ3v) is 11.3. The van der Waals surface area contributed by atoms with Crippen molar-refractivity contribution >= 4 is 29.0 Å². The summed E-state index contributed by atoms with van der Waals surface area (Å²) in [7, 11) is 0. The maximum atomic E-state index is 13.3. The van der Waals surface area contributed by atoms with Gasteiger partial charge in [0, 0.05) is 42.8 Å². The summed E-state index contributed by atoms with van der Waals surface area (Å²) in [6, 6.07) is 6.43. The summed E-state index contributed by atoms with van der Waals surface area (Å²) in [5.41, 5.74) is 3.94. The van der Waals surface area contributed by atoms with Gasteiger partial charge in [0.05, 0.1) is 5.71 Å². The SMILES string of the molecule is C[C@]12CCC3c4ccc(Cl)cc4CCC3C1[C@H](CCC(=O)N1CCC3(CCC(=O)CC3)C1)C/C2=N\O. The molecule has 6 heteroatoms. The largest absolute Gasteiger partial charge is 0.411 e. The Bertz CT molecular complexity index is 1090. The fraction of sp³-hybridized carbons (Fsp3) is 0.700. The van der Waals surface area contributed by atoms with Crippen LogP contribution in [-0.4, -0.2) is 40.6 Å². The van der Waals surface area contributed by atoms with Crippen LogP contribution in [0, 0.1) is 28.6 Å². The van der Waals surface area contributed by atoms with Gasteiger partial charge in [-0.1, -0.05) is 29.7 Å². The van der Waals surface area contributed by atoms with Crippen molar-refractivity contribution < 1.29 is 14.8 Å². The Balaban J connectivity index is 1.17. The normalized spacial score (nSPS) is 36.1. The molecule has 0 bridgehead atoms. The summed E-state index contributed by atoms with van der Waals surface area (Å²) in [4.78, 5) is 27.1. The molecule has 194 valence electrons. The van der Waals surface area contributed by atoms with Crippen LogP contribution in [0.4, 0.5) is 0 Å². The maximum Gasteiger partial charge on any atom is 0.222 e. The molecule has 5 atom stereocenters. The number of aryl methyl sites for hydroxylation is 1. The second kappa shape index (κ2) is 9.15. The Labute approximate surface area is 219 Å². The lowest BCUT2D eigenvalue weighted by Gasteiger charge is -2.50. The lowest BCUT2D eigenvalue weighted by Crippen LogP contribution is -2.44. The minimum absolute atomic E-state index is 0.0695. The number of rotatable bonds is 3. The molecule has 0 aromatic heterocycles. The molecule has 5 aliphatic rings. The van der Waals surface area contributed by atoms with Crippen LogP contribution in [-0.2, 0) is 16.0 Å². The second-order valence-corrected chi connectivity index (χ2v) is 13.2. The molecule has 1 aliphatic heterocycles. The van der Waals surface area contributed by atoms with Crippen molar-refractivity contribution in [2.75, 3.05) is 13.1 Å². The fourth-order valence-corrected chi connectivity index (χ4v) is 9.33. The number of likely N-dealkylation sites (tertiary alicyclic amines) is 1. The zero-order valence-corrected chi connectivity index (χ0v) is 22.2. The van der Waals surface area contributed by atoms with E-state index in [1.807, 2.05) is 6.07 Å². The molecular weight excluding hydrogens is 472 g/mol. The van der Waals surface area contributed by atoms with Crippen LogP contribution in [0.1, 0.15) is 94.6 Å². The molecule has 4 aliphatic carbocycles. The summed E-state index contributed by atoms with van der Waals surface area (Å²) in [5.74, 6) is 2.59. The molecule has 1 aromatic rings. The standard InChI is InChI=1S/C30H39ClN2O3/c1-29-11-10-24-23-6-4-21(31)16-19(23)2-5-25(24)28(29)20(17-26(29)32-36)3-7-27(35)33-15-14-30(18-33)12-8-22(34)9-13-30/h4,6,16,20,24-25,28,36H,2-3,5,7-15,17-18H2,1H3/b32-26+/t20-,24?,25?,28?,29-/m1/s1. The van der Waals surface area contributed by atoms with Gasteiger partial charge in [-0.3, -0.25) is 9.59 Å². The minimum Gasteiger partial charge on any atom is -0.411 e. The molecule has 1 N–H and O–H groups in total. The van der Waals surface area contributed by atoms with Gasteiger partial charge < -0.3 is 10.1 Å². The van der Waals surface area contributed by atoms with E-state index in [9.17, 15) is 14.8 Å². The molecule has 1 aromatic carbocycles. The third kappa shape index (κ3) is 4.01. The molecule has 0 radical (unpaired) electrons. The van der Waals surface area contributed by atoms with Crippen LogP contribution in [0.25, 0.3) is 0 Å². The van der Waals surface area contributed by atoms with Gasteiger partial charge in [-0.05, 0) is 110 Å². The van der Waals surface area contributed by atoms with E-state index in [4.69, 9.17) is 11.6 Å². The summed E-state index contributed by atoms with van der Waals surface area (Å²) in [5, 5.41) is 14.6. The lowest BCUT2D eigenvalue weighted by atomic mass is 9.54. The summed E-state index contributed by atoms with van der Waals surface area (Å²) >= 11 is 6.31. The van der Waals surface area contributed by atoms with Gasteiger partial charge >= 0.3 is 0 Å². The first-order chi connectivity index (χ1) is 17.3. The molecule has 5 nitrogen and oxygen atoms in total. The Morgan fingerprint density at radius 1 is 1.17 bits per heavy atom. The van der Waals surface area contributed by atoms with E-state index in [-0.39, 0.29) is 16.7 Å². The Morgan fingerprint density at radius 3 is 2.75 bits per heavy atom. The molecule has 1 spiro atoms. The topological polar surface area (TPSA) is 70.0 Å². The summed E-state index contributed by atoms with van der Waals surface area (Å²) in [6.45, 7) is 3.99. The Hall–Kier alpha value is -1.88. The van der Waals surface area contributed by atoms with Crippen molar-refractivity contribution in [2.24, 2.45) is 33.7 Å². The number of hydrogen-bond acceptors (Lipinski definition) is 4. The van der Waals surface area contributed by atoms with E-state index in [2.05, 4.69) is 29.1 Å². The number of oxime groups is 1. The Kier molecular flexibility index (Phi) is 6.21. The third-order valence-electron chi connectivity index (χ3n) is 11.1. The number of amides is 1. The molecular formula is C30H39ClN2O3. The van der Waals surface area contributed by atoms with Crippen LogP contribution < -0.4 is 0 Å². The summed E-state index contributed by atoms with van der Waals surface area (Å²) < 4.78 is 0. The van der Waals surface area contributed by atoms with Crippen LogP contribution in [0.2, 0.25) is 5.02 Å². The van der Waals surface area contributed by atoms with Gasteiger partial charge in [0.2, 0.25) is 5.91 Å². The minimum atomic E-state index is -0.0695. The van der Waals surface area contributed by atoms with Crippen molar-refractivity contribution in [2.45, 2.75) is 89.9 Å². The number of halogens is 1. The smallest absolute Gasteiger partial charge is 0.222 e. The molecule has 1 heterocycles. The van der Waals surface area contributed by atoms with Gasteiger partial charge in [0.1, 0.15) is 5.78 Å². The highest BCUT2D eigenvalue weighted by molar-refractivity contribution is 6.30. The monoisotopic (exact) mass is 510 g/mol. The molecule has 1 saturated heterocycles. The lowest BCUT2D eigenvalue weighted by molar-refractivity contribution is -0.131. The first-order valence-corrected chi connectivity index (χ1v) is 14.5. The Morgan fingerprint density at radius 2 is 1.97 bits per heavy atom. The van der Waals surface area contributed by atoms with Crippen molar-refractivity contribution in [3.8, 4) is 0 Å².